The maximum Gasteiger partial charge on any atom is 0.273 e. The third kappa shape index (κ3) is 3.74. The summed E-state index contributed by atoms with van der Waals surface area (Å²) in [7, 11) is 3.61. The van der Waals surface area contributed by atoms with Crippen LogP contribution in [0.25, 0.3) is 0 Å². The number of nitrogens with zero attached hydrogens (tertiary/aromatic N) is 2. The Bertz CT molecular complexity index is 742. The number of aliphatic hydroxyl groups is 1. The van der Waals surface area contributed by atoms with Crippen molar-refractivity contribution in [1.82, 2.24) is 26.0 Å². The monoisotopic (exact) mass is 401 g/mol. The van der Waals surface area contributed by atoms with Gasteiger partial charge in [0, 0.05) is 13.0 Å². The number of carbonyl (C=O) groups excluding carboxylic acids is 1. The number of hydrogen-bond donors (Lipinski definition) is 4. The van der Waals surface area contributed by atoms with Gasteiger partial charge in [-0.2, -0.15) is 0 Å². The van der Waals surface area contributed by atoms with Crippen molar-refractivity contribution in [1.29, 1.82) is 0 Å². The smallest absolute Gasteiger partial charge is 0.273 e. The van der Waals surface area contributed by atoms with E-state index in [1.54, 1.807) is 30.9 Å². The number of amides is 1. The molecule has 5 atom stereocenters. The minimum atomic E-state index is -3.27. The van der Waals surface area contributed by atoms with E-state index in [0.29, 0.717) is 12.5 Å². The largest absolute Gasteiger partial charge is 0.395 e. The Morgan fingerprint density at radius 3 is 2.57 bits per heavy atom. The maximum absolute atomic E-state index is 14.3. The van der Waals surface area contributed by atoms with Gasteiger partial charge in [0.15, 0.2) is 0 Å². The normalized spacial score (nSPS) is 29.7. The molecule has 0 spiro atoms. The second kappa shape index (κ2) is 7.60. The minimum absolute atomic E-state index is 0.212. The molecule has 0 aromatic heterocycles. The van der Waals surface area contributed by atoms with Gasteiger partial charge in [0.2, 0.25) is 5.91 Å². The first-order valence-electron chi connectivity index (χ1n) is 9.10. The van der Waals surface area contributed by atoms with Crippen LogP contribution in [0.2, 0.25) is 0 Å². The quantitative estimate of drug-likeness (QED) is 0.582. The van der Waals surface area contributed by atoms with Crippen molar-refractivity contribution in [2.75, 3.05) is 20.7 Å². The highest BCUT2D eigenvalue weighted by atomic mass is 19.3. The number of aliphatic hydroxyl groups excluding tert-OH is 1. The van der Waals surface area contributed by atoms with E-state index < -0.39 is 47.8 Å². The Morgan fingerprint density at radius 1 is 1.36 bits per heavy atom. The van der Waals surface area contributed by atoms with Gasteiger partial charge < -0.3 is 10.4 Å². The lowest BCUT2D eigenvalue weighted by Crippen LogP contribution is -2.68. The summed E-state index contributed by atoms with van der Waals surface area (Å²) in [4.78, 5) is 14.4. The molecule has 2 fully saturated rings. The molecule has 2 aliphatic heterocycles. The number of hydrogen-bond acceptors (Lipinski definition) is 6. The fraction of sp³-hybridized carbons (Fsp3) is 0.611. The van der Waals surface area contributed by atoms with E-state index in [0.717, 1.165) is 12.1 Å². The van der Waals surface area contributed by atoms with Crippen molar-refractivity contribution < 1.29 is 23.1 Å². The molecule has 4 N–H and O–H groups in total. The third-order valence-electron chi connectivity index (χ3n) is 5.38. The van der Waals surface area contributed by atoms with Crippen LogP contribution in [0.5, 0.6) is 0 Å². The second-order valence-corrected chi connectivity index (χ2v) is 7.64. The SMILES string of the molecule is CC(c1ccc(C(C)(F)F)c(F)c1)N1NC(CO)C2C(=O)NC(N(C)C)NC21. The maximum atomic E-state index is 14.3. The third-order valence-corrected chi connectivity index (χ3v) is 5.38. The number of carbonyl (C=O) groups is 1. The number of hydrazine groups is 1. The molecule has 1 aromatic carbocycles. The van der Waals surface area contributed by atoms with Crippen molar-refractivity contribution >= 4 is 5.91 Å². The molecule has 1 aromatic rings. The molecule has 7 nitrogen and oxygen atoms in total. The summed E-state index contributed by atoms with van der Waals surface area (Å²) < 4.78 is 41.2. The predicted octanol–water partition coefficient (Wildman–Crippen LogP) is 0.686. The van der Waals surface area contributed by atoms with Crippen molar-refractivity contribution in [3.05, 3.63) is 35.1 Å². The molecular weight excluding hydrogens is 375 g/mol. The van der Waals surface area contributed by atoms with Gasteiger partial charge in [0.1, 0.15) is 12.1 Å². The number of nitrogens with one attached hydrogen (secondary N) is 3. The summed E-state index contributed by atoms with van der Waals surface area (Å²) in [6.45, 7) is 2.17. The zero-order valence-corrected chi connectivity index (χ0v) is 16.2. The highest BCUT2D eigenvalue weighted by molar-refractivity contribution is 5.81. The highest BCUT2D eigenvalue weighted by Gasteiger charge is 2.51. The van der Waals surface area contributed by atoms with E-state index in [2.05, 4.69) is 16.1 Å². The number of rotatable bonds is 5. The summed E-state index contributed by atoms with van der Waals surface area (Å²) in [5, 5.41) is 17.6. The van der Waals surface area contributed by atoms with Crippen LogP contribution in [0.1, 0.15) is 31.0 Å². The van der Waals surface area contributed by atoms with Crippen molar-refractivity contribution in [2.24, 2.45) is 5.92 Å². The molecule has 0 radical (unpaired) electrons. The molecule has 2 saturated heterocycles. The summed E-state index contributed by atoms with van der Waals surface area (Å²) in [5.41, 5.74) is 2.92. The molecule has 3 rings (SSSR count). The molecule has 0 aliphatic carbocycles. The number of alkyl halides is 2. The van der Waals surface area contributed by atoms with E-state index in [1.807, 2.05) is 0 Å². The fourth-order valence-electron chi connectivity index (χ4n) is 3.78. The second-order valence-electron chi connectivity index (χ2n) is 7.64. The Morgan fingerprint density at radius 2 is 2.04 bits per heavy atom. The molecule has 2 aliphatic rings. The molecule has 156 valence electrons. The van der Waals surface area contributed by atoms with Crippen LogP contribution in [0, 0.1) is 11.7 Å². The van der Waals surface area contributed by atoms with Gasteiger partial charge in [0.25, 0.3) is 5.92 Å². The molecule has 10 heteroatoms. The predicted molar refractivity (Wildman–Crippen MR) is 96.3 cm³/mol. The first-order chi connectivity index (χ1) is 13.0. The molecule has 1 amide bonds. The van der Waals surface area contributed by atoms with E-state index >= 15 is 0 Å². The lowest BCUT2D eigenvalue weighted by atomic mass is 9.95. The van der Waals surface area contributed by atoms with Gasteiger partial charge in [0.05, 0.1) is 30.3 Å². The molecule has 0 saturated carbocycles. The van der Waals surface area contributed by atoms with Crippen molar-refractivity contribution in [2.45, 2.75) is 44.3 Å². The standard InChI is InChI=1S/C18H26F3N5O2/c1-9(10-5-6-11(12(19)7-10)18(2,20)21)26-15-14(13(8-27)24-26)16(28)23-17(22-15)25(3)4/h5-7,9,13-15,17,22,24,27H,8H2,1-4H3,(H,23,28). The van der Waals surface area contributed by atoms with Crippen LogP contribution in [-0.4, -0.2) is 60.1 Å². The fourth-order valence-corrected chi connectivity index (χ4v) is 3.78. The van der Waals surface area contributed by atoms with Crippen molar-refractivity contribution in [3.8, 4) is 0 Å². The first-order valence-corrected chi connectivity index (χ1v) is 9.10. The van der Waals surface area contributed by atoms with Crippen LogP contribution in [0.15, 0.2) is 18.2 Å². The van der Waals surface area contributed by atoms with Gasteiger partial charge >= 0.3 is 0 Å². The van der Waals surface area contributed by atoms with Crippen LogP contribution >= 0.6 is 0 Å². The molecular formula is C18H26F3N5O2. The lowest BCUT2D eigenvalue weighted by molar-refractivity contribution is -0.133. The number of halogens is 3. The lowest BCUT2D eigenvalue weighted by Gasteiger charge is -2.41. The van der Waals surface area contributed by atoms with Gasteiger partial charge in [-0.25, -0.2) is 23.6 Å². The number of fused-ring (bicyclic) bond motifs is 1. The summed E-state index contributed by atoms with van der Waals surface area (Å²) in [6.07, 6.45) is -0.885. The highest BCUT2D eigenvalue weighted by Crippen LogP contribution is 2.34. The Balaban J connectivity index is 1.89. The molecule has 28 heavy (non-hydrogen) atoms. The Labute approximate surface area is 161 Å². The average molecular weight is 401 g/mol. The van der Waals surface area contributed by atoms with Crippen LogP contribution in [-0.2, 0) is 10.7 Å². The van der Waals surface area contributed by atoms with E-state index in [-0.39, 0.29) is 12.5 Å². The van der Waals surface area contributed by atoms with Crippen molar-refractivity contribution in [3.63, 3.8) is 0 Å². The first kappa shape index (κ1) is 21.0. The zero-order valence-electron chi connectivity index (χ0n) is 16.2. The van der Waals surface area contributed by atoms with Crippen LogP contribution in [0.3, 0.4) is 0 Å². The van der Waals surface area contributed by atoms with E-state index in [1.165, 1.54) is 6.07 Å². The summed E-state index contributed by atoms with van der Waals surface area (Å²) in [5.74, 6) is -5.03. The van der Waals surface area contributed by atoms with Gasteiger partial charge in [-0.15, -0.1) is 0 Å². The topological polar surface area (TPSA) is 79.9 Å². The van der Waals surface area contributed by atoms with E-state index in [4.69, 9.17) is 0 Å². The van der Waals surface area contributed by atoms with Gasteiger partial charge in [-0.3, -0.25) is 15.0 Å². The van der Waals surface area contributed by atoms with E-state index in [9.17, 15) is 23.1 Å². The summed E-state index contributed by atoms with van der Waals surface area (Å²) in [6, 6.07) is 2.66. The average Bonchev–Trinajstić information content (AvgIpc) is 2.99. The van der Waals surface area contributed by atoms with Gasteiger partial charge in [-0.05, 0) is 38.7 Å². The minimum Gasteiger partial charge on any atom is -0.395 e. The Hall–Kier alpha value is -1.72. The van der Waals surface area contributed by atoms with Crippen LogP contribution in [0.4, 0.5) is 13.2 Å². The van der Waals surface area contributed by atoms with Crippen LogP contribution < -0.4 is 16.1 Å². The molecule has 5 unspecified atom stereocenters. The Kier molecular flexibility index (Phi) is 5.70. The molecule has 2 heterocycles. The molecule has 0 bridgehead atoms. The zero-order chi connectivity index (χ0) is 20.8. The van der Waals surface area contributed by atoms with Gasteiger partial charge in [-0.1, -0.05) is 6.07 Å². The number of benzene rings is 1. The summed E-state index contributed by atoms with van der Waals surface area (Å²) >= 11 is 0.